The van der Waals surface area contributed by atoms with Crippen molar-refractivity contribution in [2.75, 3.05) is 0 Å². The lowest BCUT2D eigenvalue weighted by atomic mass is 10.1. The summed E-state index contributed by atoms with van der Waals surface area (Å²) in [6.45, 7) is 3.82. The van der Waals surface area contributed by atoms with Gasteiger partial charge in [-0.2, -0.15) is 0 Å². The Morgan fingerprint density at radius 3 is 2.38 bits per heavy atom. The van der Waals surface area contributed by atoms with Crippen molar-refractivity contribution in [3.63, 3.8) is 0 Å². The standard InChI is InChI=1S/C11H15NO/c1-11(2,13-12)9-8-10-6-4-3-5-7-10/h3-9H,12H2,1-2H3/b9-8+. The van der Waals surface area contributed by atoms with Crippen molar-refractivity contribution in [2.24, 2.45) is 5.90 Å². The van der Waals surface area contributed by atoms with Crippen molar-refractivity contribution < 1.29 is 4.84 Å². The molecule has 70 valence electrons. The van der Waals surface area contributed by atoms with Gasteiger partial charge in [0.25, 0.3) is 0 Å². The second-order valence-corrected chi connectivity index (χ2v) is 3.47. The van der Waals surface area contributed by atoms with Gasteiger partial charge >= 0.3 is 0 Å². The Kier molecular flexibility index (Phi) is 3.23. The predicted molar refractivity (Wildman–Crippen MR) is 54.8 cm³/mol. The molecular weight excluding hydrogens is 162 g/mol. The van der Waals surface area contributed by atoms with E-state index in [9.17, 15) is 0 Å². The molecule has 0 heterocycles. The number of hydrogen-bond donors (Lipinski definition) is 1. The van der Waals surface area contributed by atoms with E-state index in [1.807, 2.05) is 56.3 Å². The first-order valence-electron chi connectivity index (χ1n) is 4.26. The zero-order valence-corrected chi connectivity index (χ0v) is 8.03. The number of nitrogens with two attached hydrogens (primary N) is 1. The van der Waals surface area contributed by atoms with Crippen molar-refractivity contribution in [1.82, 2.24) is 0 Å². The van der Waals surface area contributed by atoms with Gasteiger partial charge in [-0.1, -0.05) is 42.5 Å². The Labute approximate surface area is 79.0 Å². The fraction of sp³-hybridized carbons (Fsp3) is 0.273. The third kappa shape index (κ3) is 3.40. The Hall–Kier alpha value is -1.12. The molecule has 0 radical (unpaired) electrons. The van der Waals surface area contributed by atoms with Gasteiger partial charge in [-0.15, -0.1) is 0 Å². The van der Waals surface area contributed by atoms with Crippen LogP contribution >= 0.6 is 0 Å². The second-order valence-electron chi connectivity index (χ2n) is 3.47. The van der Waals surface area contributed by atoms with Gasteiger partial charge in [0.05, 0.1) is 0 Å². The summed E-state index contributed by atoms with van der Waals surface area (Å²) in [5, 5.41) is 0. The van der Waals surface area contributed by atoms with Gasteiger partial charge in [0.2, 0.25) is 0 Å². The maximum atomic E-state index is 5.12. The van der Waals surface area contributed by atoms with E-state index >= 15 is 0 Å². The second kappa shape index (κ2) is 4.21. The molecule has 2 N–H and O–H groups in total. The van der Waals surface area contributed by atoms with Gasteiger partial charge in [-0.05, 0) is 19.4 Å². The van der Waals surface area contributed by atoms with E-state index in [1.54, 1.807) is 0 Å². The lowest BCUT2D eigenvalue weighted by Gasteiger charge is -2.16. The minimum atomic E-state index is -0.407. The smallest absolute Gasteiger partial charge is 0.102 e. The van der Waals surface area contributed by atoms with E-state index in [0.717, 1.165) is 5.56 Å². The minimum absolute atomic E-state index is 0.407. The molecule has 0 aromatic heterocycles. The molecule has 2 heteroatoms. The summed E-state index contributed by atoms with van der Waals surface area (Å²) in [5.74, 6) is 5.12. The first kappa shape index (κ1) is 9.96. The maximum Gasteiger partial charge on any atom is 0.102 e. The van der Waals surface area contributed by atoms with E-state index in [2.05, 4.69) is 0 Å². The highest BCUT2D eigenvalue weighted by molar-refractivity contribution is 5.49. The lowest BCUT2D eigenvalue weighted by molar-refractivity contribution is 0.0194. The molecule has 0 atom stereocenters. The van der Waals surface area contributed by atoms with Crippen LogP contribution in [0.15, 0.2) is 36.4 Å². The van der Waals surface area contributed by atoms with E-state index in [0.29, 0.717) is 0 Å². The molecule has 1 rings (SSSR count). The van der Waals surface area contributed by atoms with Gasteiger partial charge in [0.1, 0.15) is 5.60 Å². The third-order valence-electron chi connectivity index (χ3n) is 1.78. The molecule has 0 saturated carbocycles. The molecule has 0 bridgehead atoms. The molecule has 1 aromatic carbocycles. The largest absolute Gasteiger partial charge is 0.294 e. The summed E-state index contributed by atoms with van der Waals surface area (Å²) >= 11 is 0. The van der Waals surface area contributed by atoms with Gasteiger partial charge in [-0.3, -0.25) is 4.84 Å². The lowest BCUT2D eigenvalue weighted by Crippen LogP contribution is -2.24. The van der Waals surface area contributed by atoms with Crippen LogP contribution in [0.3, 0.4) is 0 Å². The molecule has 1 aromatic rings. The Morgan fingerprint density at radius 2 is 1.85 bits per heavy atom. The van der Waals surface area contributed by atoms with Gasteiger partial charge < -0.3 is 0 Å². The molecule has 0 aliphatic rings. The molecule has 0 aliphatic carbocycles. The summed E-state index contributed by atoms with van der Waals surface area (Å²) in [6.07, 6.45) is 3.93. The maximum absolute atomic E-state index is 5.12. The highest BCUT2D eigenvalue weighted by Crippen LogP contribution is 2.11. The molecule has 0 fully saturated rings. The van der Waals surface area contributed by atoms with E-state index in [1.165, 1.54) is 0 Å². The number of rotatable bonds is 3. The van der Waals surface area contributed by atoms with Crippen LogP contribution in [0, 0.1) is 0 Å². The molecule has 0 amide bonds. The van der Waals surface area contributed by atoms with Crippen LogP contribution in [-0.2, 0) is 4.84 Å². The first-order valence-corrected chi connectivity index (χ1v) is 4.26. The molecule has 0 spiro atoms. The minimum Gasteiger partial charge on any atom is -0.294 e. The zero-order valence-electron chi connectivity index (χ0n) is 8.03. The van der Waals surface area contributed by atoms with Crippen LogP contribution in [0.25, 0.3) is 6.08 Å². The summed E-state index contributed by atoms with van der Waals surface area (Å²) < 4.78 is 0. The van der Waals surface area contributed by atoms with Crippen molar-refractivity contribution in [3.8, 4) is 0 Å². The van der Waals surface area contributed by atoms with E-state index in [-0.39, 0.29) is 0 Å². The van der Waals surface area contributed by atoms with Crippen LogP contribution in [0.2, 0.25) is 0 Å². The molecule has 2 nitrogen and oxygen atoms in total. The fourth-order valence-electron chi connectivity index (χ4n) is 0.900. The van der Waals surface area contributed by atoms with Crippen LogP contribution < -0.4 is 5.90 Å². The third-order valence-corrected chi connectivity index (χ3v) is 1.78. The van der Waals surface area contributed by atoms with Gasteiger partial charge in [-0.25, -0.2) is 5.90 Å². The highest BCUT2D eigenvalue weighted by atomic mass is 16.6. The summed E-state index contributed by atoms with van der Waals surface area (Å²) in [4.78, 5) is 4.77. The van der Waals surface area contributed by atoms with E-state index < -0.39 is 5.60 Å². The SMILES string of the molecule is CC(C)(/C=C/c1ccccc1)ON. The number of benzene rings is 1. The van der Waals surface area contributed by atoms with Crippen LogP contribution in [0.1, 0.15) is 19.4 Å². The predicted octanol–water partition coefficient (Wildman–Crippen LogP) is 2.37. The molecule has 0 aliphatic heterocycles. The van der Waals surface area contributed by atoms with Crippen molar-refractivity contribution in [2.45, 2.75) is 19.4 Å². The van der Waals surface area contributed by atoms with Gasteiger partial charge in [0.15, 0.2) is 0 Å². The Morgan fingerprint density at radius 1 is 1.23 bits per heavy atom. The van der Waals surface area contributed by atoms with Crippen molar-refractivity contribution in [1.29, 1.82) is 0 Å². The molecular formula is C11H15NO. The van der Waals surface area contributed by atoms with Crippen molar-refractivity contribution >= 4 is 6.08 Å². The summed E-state index contributed by atoms with van der Waals surface area (Å²) in [7, 11) is 0. The Bertz CT molecular complexity index is 277. The van der Waals surface area contributed by atoms with Crippen LogP contribution in [0.4, 0.5) is 0 Å². The average Bonchev–Trinajstić information content (AvgIpc) is 2.17. The zero-order chi connectivity index (χ0) is 9.73. The monoisotopic (exact) mass is 177 g/mol. The summed E-state index contributed by atoms with van der Waals surface area (Å²) in [6, 6.07) is 10.0. The van der Waals surface area contributed by atoms with E-state index in [4.69, 9.17) is 10.7 Å². The fourth-order valence-corrected chi connectivity index (χ4v) is 0.900. The van der Waals surface area contributed by atoms with Crippen LogP contribution in [-0.4, -0.2) is 5.60 Å². The average molecular weight is 177 g/mol. The molecule has 13 heavy (non-hydrogen) atoms. The number of hydrogen-bond acceptors (Lipinski definition) is 2. The molecule has 0 unspecified atom stereocenters. The quantitative estimate of drug-likeness (QED) is 0.719. The van der Waals surface area contributed by atoms with Gasteiger partial charge in [0, 0.05) is 0 Å². The highest BCUT2D eigenvalue weighted by Gasteiger charge is 2.11. The first-order chi connectivity index (χ1) is 6.14. The normalized spacial score (nSPS) is 12.2. The van der Waals surface area contributed by atoms with Crippen LogP contribution in [0.5, 0.6) is 0 Å². The summed E-state index contributed by atoms with van der Waals surface area (Å²) in [5.41, 5.74) is 0.739. The topological polar surface area (TPSA) is 35.2 Å². The Balaban J connectivity index is 2.69. The van der Waals surface area contributed by atoms with Crippen molar-refractivity contribution in [3.05, 3.63) is 42.0 Å². The molecule has 0 saturated heterocycles.